The summed E-state index contributed by atoms with van der Waals surface area (Å²) in [4.78, 5) is 15.9. The van der Waals surface area contributed by atoms with Crippen LogP contribution in [0.5, 0.6) is 11.5 Å². The van der Waals surface area contributed by atoms with Crippen LogP contribution in [0.1, 0.15) is 15.9 Å². The van der Waals surface area contributed by atoms with E-state index >= 15 is 0 Å². The van der Waals surface area contributed by atoms with E-state index in [9.17, 15) is 14.3 Å². The molecule has 2 aromatic carbocycles. The fourth-order valence-corrected chi connectivity index (χ4v) is 3.54. The molecular weight excluding hydrogens is 403 g/mol. The van der Waals surface area contributed by atoms with E-state index in [0.29, 0.717) is 24.4 Å². The first-order valence-corrected chi connectivity index (χ1v) is 10.2. The topological polar surface area (TPSA) is 71.5 Å². The Balaban J connectivity index is 1.38. The second-order valence-electron chi connectivity index (χ2n) is 7.53. The average Bonchev–Trinajstić information content (AvgIpc) is 2.79. The van der Waals surface area contributed by atoms with E-state index in [1.54, 1.807) is 30.3 Å². The van der Waals surface area contributed by atoms with Gasteiger partial charge in [-0.25, -0.2) is 9.18 Å². The molecule has 168 valence electrons. The molecule has 0 spiro atoms. The van der Waals surface area contributed by atoms with Crippen molar-refractivity contribution in [3.8, 4) is 11.5 Å². The number of carbonyl (C=O) groups excluding carboxylic acids is 1. The summed E-state index contributed by atoms with van der Waals surface area (Å²) in [6, 6.07) is 11.7. The van der Waals surface area contributed by atoms with Crippen molar-refractivity contribution in [3.05, 3.63) is 59.4 Å². The van der Waals surface area contributed by atoms with E-state index in [4.69, 9.17) is 9.47 Å². The van der Waals surface area contributed by atoms with Gasteiger partial charge in [0.25, 0.3) is 0 Å². The molecule has 1 aliphatic rings. The van der Waals surface area contributed by atoms with E-state index in [1.807, 2.05) is 6.07 Å². The number of benzene rings is 2. The van der Waals surface area contributed by atoms with Gasteiger partial charge in [0.2, 0.25) is 0 Å². The van der Waals surface area contributed by atoms with Crippen LogP contribution in [0.25, 0.3) is 0 Å². The molecule has 0 bridgehead atoms. The molecule has 1 atom stereocenters. The van der Waals surface area contributed by atoms with Gasteiger partial charge in [0.15, 0.2) is 11.6 Å². The molecule has 0 saturated carbocycles. The van der Waals surface area contributed by atoms with Crippen molar-refractivity contribution in [2.24, 2.45) is 0 Å². The Morgan fingerprint density at radius 1 is 1.06 bits per heavy atom. The minimum Gasteiger partial charge on any atom is -0.494 e. The quantitative estimate of drug-likeness (QED) is 0.609. The number of β-amino-alcohol motifs (C(OH)–C–C–N with tert-alkyl or cyclic N) is 1. The van der Waals surface area contributed by atoms with Gasteiger partial charge in [-0.3, -0.25) is 9.80 Å². The molecule has 1 fully saturated rings. The molecule has 31 heavy (non-hydrogen) atoms. The number of hydrogen-bond donors (Lipinski definition) is 1. The average molecular weight is 432 g/mol. The molecule has 0 aromatic heterocycles. The predicted octanol–water partition coefficient (Wildman–Crippen LogP) is 2.18. The van der Waals surface area contributed by atoms with Gasteiger partial charge in [-0.2, -0.15) is 0 Å². The SMILES string of the molecule is COC(=O)c1ccc(OCC(O)CN2CCN(Cc3ccc(OC)c(F)c3)CC2)cc1. The van der Waals surface area contributed by atoms with Crippen LogP contribution in [0.2, 0.25) is 0 Å². The fourth-order valence-electron chi connectivity index (χ4n) is 3.54. The first-order chi connectivity index (χ1) is 15.0. The summed E-state index contributed by atoms with van der Waals surface area (Å²) in [6.07, 6.45) is -0.623. The van der Waals surface area contributed by atoms with Crippen molar-refractivity contribution < 1.29 is 28.5 Å². The third-order valence-corrected chi connectivity index (χ3v) is 5.27. The molecule has 7 nitrogen and oxygen atoms in total. The lowest BCUT2D eigenvalue weighted by atomic mass is 10.1. The van der Waals surface area contributed by atoms with Crippen LogP contribution in [0.3, 0.4) is 0 Å². The number of rotatable bonds is 9. The first-order valence-electron chi connectivity index (χ1n) is 10.2. The number of piperazine rings is 1. The zero-order chi connectivity index (χ0) is 22.2. The lowest BCUT2D eigenvalue weighted by molar-refractivity contribution is 0.0445. The lowest BCUT2D eigenvalue weighted by Gasteiger charge is -2.35. The number of ether oxygens (including phenoxy) is 3. The van der Waals surface area contributed by atoms with Gasteiger partial charge in [-0.05, 0) is 42.0 Å². The molecule has 1 unspecified atom stereocenters. The van der Waals surface area contributed by atoms with E-state index in [-0.39, 0.29) is 18.2 Å². The van der Waals surface area contributed by atoms with Crippen LogP contribution in [-0.2, 0) is 11.3 Å². The summed E-state index contributed by atoms with van der Waals surface area (Å²) in [5, 5.41) is 10.3. The van der Waals surface area contributed by atoms with E-state index in [1.165, 1.54) is 20.3 Å². The number of carbonyl (C=O) groups is 1. The Bertz CT molecular complexity index is 854. The third kappa shape index (κ3) is 6.65. The summed E-state index contributed by atoms with van der Waals surface area (Å²) < 4.78 is 29.1. The number of aliphatic hydroxyl groups excluding tert-OH is 1. The van der Waals surface area contributed by atoms with Gasteiger partial charge in [-0.15, -0.1) is 0 Å². The molecule has 1 heterocycles. The smallest absolute Gasteiger partial charge is 0.337 e. The molecule has 1 aliphatic heterocycles. The summed E-state index contributed by atoms with van der Waals surface area (Å²) >= 11 is 0. The van der Waals surface area contributed by atoms with Crippen LogP contribution in [-0.4, -0.2) is 80.5 Å². The van der Waals surface area contributed by atoms with Crippen LogP contribution >= 0.6 is 0 Å². The summed E-state index contributed by atoms with van der Waals surface area (Å²) in [5.41, 5.74) is 1.36. The largest absolute Gasteiger partial charge is 0.494 e. The van der Waals surface area contributed by atoms with Crippen LogP contribution in [0.15, 0.2) is 42.5 Å². The molecule has 8 heteroatoms. The molecule has 0 radical (unpaired) electrons. The second kappa shape index (κ2) is 11.1. The van der Waals surface area contributed by atoms with Gasteiger partial charge >= 0.3 is 5.97 Å². The van der Waals surface area contributed by atoms with Crippen molar-refractivity contribution >= 4 is 5.97 Å². The maximum atomic E-state index is 13.9. The van der Waals surface area contributed by atoms with Gasteiger partial charge in [-0.1, -0.05) is 6.07 Å². The number of hydrogen-bond acceptors (Lipinski definition) is 7. The zero-order valence-electron chi connectivity index (χ0n) is 17.9. The van der Waals surface area contributed by atoms with E-state index < -0.39 is 12.1 Å². The van der Waals surface area contributed by atoms with E-state index in [0.717, 1.165) is 31.7 Å². The van der Waals surface area contributed by atoms with Crippen LogP contribution < -0.4 is 9.47 Å². The molecule has 0 amide bonds. The molecule has 0 aliphatic carbocycles. The van der Waals surface area contributed by atoms with Gasteiger partial charge in [0.1, 0.15) is 18.5 Å². The number of nitrogens with zero attached hydrogens (tertiary/aromatic N) is 2. The summed E-state index contributed by atoms with van der Waals surface area (Å²) in [5.74, 6) is 0.0944. The Morgan fingerprint density at radius 2 is 1.74 bits per heavy atom. The molecule has 3 rings (SSSR count). The van der Waals surface area contributed by atoms with Crippen molar-refractivity contribution in [1.82, 2.24) is 9.80 Å². The maximum Gasteiger partial charge on any atom is 0.337 e. The van der Waals surface area contributed by atoms with Gasteiger partial charge < -0.3 is 19.3 Å². The Kier molecular flexibility index (Phi) is 8.22. The first kappa shape index (κ1) is 23.0. The zero-order valence-corrected chi connectivity index (χ0v) is 17.9. The fraction of sp³-hybridized carbons (Fsp3) is 0.435. The highest BCUT2D eigenvalue weighted by Crippen LogP contribution is 2.19. The molecule has 1 N–H and O–H groups in total. The minimum absolute atomic E-state index is 0.170. The molecular formula is C23H29FN2O5. The van der Waals surface area contributed by atoms with Crippen molar-refractivity contribution in [3.63, 3.8) is 0 Å². The highest BCUT2D eigenvalue weighted by atomic mass is 19.1. The van der Waals surface area contributed by atoms with Gasteiger partial charge in [0.05, 0.1) is 19.8 Å². The van der Waals surface area contributed by atoms with Crippen molar-refractivity contribution in [1.29, 1.82) is 0 Å². The second-order valence-corrected chi connectivity index (χ2v) is 7.53. The van der Waals surface area contributed by atoms with Crippen molar-refractivity contribution in [2.45, 2.75) is 12.6 Å². The monoisotopic (exact) mass is 432 g/mol. The molecule has 1 saturated heterocycles. The summed E-state index contributed by atoms with van der Waals surface area (Å²) in [7, 11) is 2.79. The maximum absolute atomic E-state index is 13.9. The number of aliphatic hydroxyl groups is 1. The Morgan fingerprint density at radius 3 is 2.35 bits per heavy atom. The summed E-state index contributed by atoms with van der Waals surface area (Å²) in [6.45, 7) is 4.70. The standard InChI is InChI=1S/C23H29FN2O5/c1-29-22-8-3-17(13-21(22)24)14-25-9-11-26(12-10-25)15-19(27)16-31-20-6-4-18(5-7-20)23(28)30-2/h3-8,13,19,27H,9-12,14-16H2,1-2H3. The highest BCUT2D eigenvalue weighted by Gasteiger charge is 2.20. The van der Waals surface area contributed by atoms with Gasteiger partial charge in [0, 0.05) is 39.3 Å². The normalized spacial score (nSPS) is 16.0. The Hall–Kier alpha value is -2.68. The Labute approximate surface area is 181 Å². The van der Waals surface area contributed by atoms with Crippen LogP contribution in [0, 0.1) is 5.82 Å². The van der Waals surface area contributed by atoms with E-state index in [2.05, 4.69) is 14.5 Å². The predicted molar refractivity (Wildman–Crippen MR) is 114 cm³/mol. The minimum atomic E-state index is -0.623. The molecule has 2 aromatic rings. The number of esters is 1. The van der Waals surface area contributed by atoms with Crippen molar-refractivity contribution in [2.75, 3.05) is 53.6 Å². The number of methoxy groups -OCH3 is 2. The third-order valence-electron chi connectivity index (χ3n) is 5.27. The lowest BCUT2D eigenvalue weighted by Crippen LogP contribution is -2.48. The highest BCUT2D eigenvalue weighted by molar-refractivity contribution is 5.89. The van der Waals surface area contributed by atoms with Crippen LogP contribution in [0.4, 0.5) is 4.39 Å². The number of halogens is 1.